The maximum absolute atomic E-state index is 5.31. The van der Waals surface area contributed by atoms with Crippen molar-refractivity contribution in [2.24, 2.45) is 0 Å². The minimum Gasteiger partial charge on any atom is -0.356 e. The van der Waals surface area contributed by atoms with Crippen molar-refractivity contribution < 1.29 is 9.47 Å². The molecule has 0 fully saturated rings. The monoisotopic (exact) mass is 314 g/mol. The molecule has 0 heterocycles. The van der Waals surface area contributed by atoms with Crippen molar-refractivity contribution in [1.29, 1.82) is 0 Å². The van der Waals surface area contributed by atoms with Gasteiger partial charge in [-0.1, -0.05) is 71.9 Å². The Morgan fingerprint density at radius 3 is 1.29 bits per heavy atom. The zero-order chi connectivity index (χ0) is 16.7. The van der Waals surface area contributed by atoms with E-state index in [1.54, 1.807) is 0 Å². The highest BCUT2D eigenvalue weighted by Crippen LogP contribution is 1.95. The highest BCUT2D eigenvalue weighted by atomic mass is 16.5. The van der Waals surface area contributed by atoms with Crippen LogP contribution in [-0.4, -0.2) is 26.4 Å². The van der Waals surface area contributed by atoms with Gasteiger partial charge in [0, 0.05) is 11.1 Å². The van der Waals surface area contributed by atoms with Crippen LogP contribution >= 0.6 is 0 Å². The molecule has 0 aliphatic heterocycles. The molecule has 0 aliphatic carbocycles. The molecule has 0 N–H and O–H groups in total. The largest absolute Gasteiger partial charge is 0.356 e. The number of hydrogen-bond donors (Lipinski definition) is 0. The summed E-state index contributed by atoms with van der Waals surface area (Å²) in [6, 6.07) is 19.6. The van der Waals surface area contributed by atoms with E-state index >= 15 is 0 Å². The maximum Gasteiger partial charge on any atom is 0.109 e. The molecule has 24 heavy (non-hydrogen) atoms. The molecular weight excluding hydrogens is 296 g/mol. The van der Waals surface area contributed by atoms with Crippen LogP contribution in [-0.2, 0) is 9.47 Å². The lowest BCUT2D eigenvalue weighted by molar-refractivity contribution is 0.198. The molecule has 2 nitrogen and oxygen atoms in total. The minimum atomic E-state index is 0.350. The molecule has 2 aromatic carbocycles. The van der Waals surface area contributed by atoms with Crippen LogP contribution in [0.15, 0.2) is 60.7 Å². The first-order valence-corrected chi connectivity index (χ1v) is 7.64. The summed E-state index contributed by atoms with van der Waals surface area (Å²) in [5, 5.41) is 0. The molecule has 0 spiro atoms. The fourth-order valence-corrected chi connectivity index (χ4v) is 1.73. The van der Waals surface area contributed by atoms with Gasteiger partial charge in [-0.05, 0) is 24.3 Å². The summed E-state index contributed by atoms with van der Waals surface area (Å²) in [5.74, 6) is 17.7. The van der Waals surface area contributed by atoms with Crippen LogP contribution in [0.5, 0.6) is 0 Å². The van der Waals surface area contributed by atoms with Crippen molar-refractivity contribution in [1.82, 2.24) is 0 Å². The van der Waals surface area contributed by atoms with Crippen molar-refractivity contribution in [2.75, 3.05) is 26.4 Å². The van der Waals surface area contributed by atoms with Crippen LogP contribution in [0.25, 0.3) is 0 Å². The van der Waals surface area contributed by atoms with E-state index in [1.165, 1.54) is 0 Å². The third-order valence-electron chi connectivity index (χ3n) is 2.83. The molecule has 118 valence electrons. The Bertz CT molecular complexity index is 708. The Morgan fingerprint density at radius 2 is 0.875 bits per heavy atom. The third kappa shape index (κ3) is 7.88. The number of benzene rings is 2. The minimum absolute atomic E-state index is 0.350. The second-order valence-electron chi connectivity index (χ2n) is 4.67. The van der Waals surface area contributed by atoms with Crippen molar-refractivity contribution in [3.63, 3.8) is 0 Å². The fraction of sp³-hybridized carbons (Fsp3) is 0.182. The molecule has 2 heteroatoms. The Labute approximate surface area is 143 Å². The number of hydrogen-bond acceptors (Lipinski definition) is 2. The Balaban J connectivity index is 1.52. The quantitative estimate of drug-likeness (QED) is 0.638. The molecule has 0 bridgehead atoms. The van der Waals surface area contributed by atoms with Crippen molar-refractivity contribution in [3.05, 3.63) is 71.8 Å². The summed E-state index contributed by atoms with van der Waals surface area (Å²) < 4.78 is 10.6. The van der Waals surface area contributed by atoms with E-state index < -0.39 is 0 Å². The fourth-order valence-electron chi connectivity index (χ4n) is 1.73. The molecule has 2 rings (SSSR count). The van der Waals surface area contributed by atoms with E-state index in [-0.39, 0.29) is 0 Å². The van der Waals surface area contributed by atoms with Gasteiger partial charge in [0.05, 0.1) is 0 Å². The topological polar surface area (TPSA) is 18.5 Å². The summed E-state index contributed by atoms with van der Waals surface area (Å²) in [6.07, 6.45) is 0. The van der Waals surface area contributed by atoms with Gasteiger partial charge in [-0.3, -0.25) is 0 Å². The second kappa shape index (κ2) is 11.6. The van der Waals surface area contributed by atoms with Gasteiger partial charge in [0.25, 0.3) is 0 Å². The van der Waals surface area contributed by atoms with E-state index in [2.05, 4.69) is 35.5 Å². The first kappa shape index (κ1) is 17.4. The lowest BCUT2D eigenvalue weighted by Crippen LogP contribution is -1.94. The first-order chi connectivity index (χ1) is 11.9. The van der Waals surface area contributed by atoms with Gasteiger partial charge in [0.15, 0.2) is 0 Å². The molecule has 0 unspecified atom stereocenters. The van der Waals surface area contributed by atoms with E-state index in [0.29, 0.717) is 26.4 Å². The van der Waals surface area contributed by atoms with Gasteiger partial charge in [-0.2, -0.15) is 0 Å². The van der Waals surface area contributed by atoms with Crippen LogP contribution in [0, 0.1) is 35.5 Å². The predicted octanol–water partition coefficient (Wildman–Crippen LogP) is 3.13. The van der Waals surface area contributed by atoms with Crippen molar-refractivity contribution >= 4 is 0 Å². The normalized spacial score (nSPS) is 8.83. The maximum atomic E-state index is 5.31. The predicted molar refractivity (Wildman–Crippen MR) is 96.1 cm³/mol. The molecule has 0 radical (unpaired) electrons. The zero-order valence-corrected chi connectivity index (χ0v) is 13.4. The molecule has 0 amide bonds. The number of ether oxygens (including phenoxy) is 2. The highest BCUT2D eigenvalue weighted by molar-refractivity contribution is 5.34. The van der Waals surface area contributed by atoms with Gasteiger partial charge in [0.2, 0.25) is 0 Å². The van der Waals surface area contributed by atoms with Crippen LogP contribution in [0.1, 0.15) is 11.1 Å². The van der Waals surface area contributed by atoms with Crippen LogP contribution in [0.2, 0.25) is 0 Å². The lowest BCUT2D eigenvalue weighted by atomic mass is 10.2. The average Bonchev–Trinajstić information content (AvgIpc) is 2.64. The molecule has 0 saturated heterocycles. The smallest absolute Gasteiger partial charge is 0.109 e. The standard InChI is InChI=1S/C22H18O2/c1-3-11-21(12-4-1)15-9-19-23-17-7-8-18-24-20-10-16-22-13-5-2-6-14-22/h1-6,11-14H,17-20H2. The lowest BCUT2D eigenvalue weighted by Gasteiger charge is -1.92. The average molecular weight is 314 g/mol. The molecule has 0 saturated carbocycles. The first-order valence-electron chi connectivity index (χ1n) is 7.64. The molecule has 2 aromatic rings. The molecule has 0 aromatic heterocycles. The van der Waals surface area contributed by atoms with Crippen LogP contribution < -0.4 is 0 Å². The van der Waals surface area contributed by atoms with Gasteiger partial charge in [-0.15, -0.1) is 0 Å². The second-order valence-corrected chi connectivity index (χ2v) is 4.67. The Kier molecular flexibility index (Phi) is 8.40. The zero-order valence-electron chi connectivity index (χ0n) is 13.4. The van der Waals surface area contributed by atoms with Gasteiger partial charge in [0.1, 0.15) is 26.4 Å². The van der Waals surface area contributed by atoms with E-state index in [9.17, 15) is 0 Å². The van der Waals surface area contributed by atoms with Gasteiger partial charge in [-0.25, -0.2) is 0 Å². The van der Waals surface area contributed by atoms with E-state index in [1.807, 2.05) is 60.7 Å². The summed E-state index contributed by atoms with van der Waals surface area (Å²) in [7, 11) is 0. The Morgan fingerprint density at radius 1 is 0.500 bits per heavy atom. The Hall–Kier alpha value is -2.96. The number of rotatable bonds is 4. The van der Waals surface area contributed by atoms with Gasteiger partial charge < -0.3 is 9.47 Å². The van der Waals surface area contributed by atoms with Gasteiger partial charge >= 0.3 is 0 Å². The van der Waals surface area contributed by atoms with Crippen molar-refractivity contribution in [2.45, 2.75) is 0 Å². The molecule has 0 atom stereocenters. The SMILES string of the molecule is C(#CCOCC#Cc1ccccc1)COCC#Cc1ccccc1. The summed E-state index contributed by atoms with van der Waals surface area (Å²) in [4.78, 5) is 0. The van der Waals surface area contributed by atoms with E-state index in [0.717, 1.165) is 11.1 Å². The summed E-state index contributed by atoms with van der Waals surface area (Å²) >= 11 is 0. The van der Waals surface area contributed by atoms with Crippen LogP contribution in [0.4, 0.5) is 0 Å². The van der Waals surface area contributed by atoms with Crippen molar-refractivity contribution in [3.8, 4) is 35.5 Å². The third-order valence-corrected chi connectivity index (χ3v) is 2.83. The molecular formula is C22H18O2. The van der Waals surface area contributed by atoms with Crippen LogP contribution in [0.3, 0.4) is 0 Å². The van der Waals surface area contributed by atoms with E-state index in [4.69, 9.17) is 9.47 Å². The summed E-state index contributed by atoms with van der Waals surface area (Å²) in [6.45, 7) is 1.44. The summed E-state index contributed by atoms with van der Waals surface area (Å²) in [5.41, 5.74) is 1.97. The highest BCUT2D eigenvalue weighted by Gasteiger charge is 1.83. The molecule has 0 aliphatic rings.